The fourth-order valence-electron chi connectivity index (χ4n) is 3.17. The van der Waals surface area contributed by atoms with Gasteiger partial charge < -0.3 is 15.5 Å². The van der Waals surface area contributed by atoms with Gasteiger partial charge in [-0.15, -0.1) is 0 Å². The van der Waals surface area contributed by atoms with Crippen LogP contribution in [-0.4, -0.2) is 48.6 Å². The molecule has 150 valence electrons. The highest BCUT2D eigenvalue weighted by atomic mass is 32.2. The first kappa shape index (κ1) is 20.3. The highest BCUT2D eigenvalue weighted by Gasteiger charge is 2.25. The second-order valence-electron chi connectivity index (χ2n) is 6.53. The number of nitrogens with one attached hydrogen (secondary N) is 2. The third-order valence-electron chi connectivity index (χ3n) is 4.59. The summed E-state index contributed by atoms with van der Waals surface area (Å²) in [6.45, 7) is 1.79. The molecule has 0 radical (unpaired) electrons. The number of guanidine groups is 1. The summed E-state index contributed by atoms with van der Waals surface area (Å²) in [5.41, 5.74) is 0.409. The lowest BCUT2D eigenvalue weighted by Gasteiger charge is -2.21. The summed E-state index contributed by atoms with van der Waals surface area (Å²) in [5.74, 6) is -0.0295. The van der Waals surface area contributed by atoms with Crippen molar-refractivity contribution >= 4 is 22.4 Å². The van der Waals surface area contributed by atoms with E-state index in [0.717, 1.165) is 17.4 Å². The molecule has 1 aliphatic heterocycles. The van der Waals surface area contributed by atoms with Crippen LogP contribution >= 0.6 is 0 Å². The standard InChI is InChI=1S/C20H24F2N4OS/c1-23-20(24-10-12-28(27)17-5-3-2-4-6-17)25-16-9-11-26(14-16)19-8-7-15(21)13-18(19)22/h2-8,13,16H,9-12,14H2,1H3,(H2,23,24,25). The van der Waals surface area contributed by atoms with Gasteiger partial charge >= 0.3 is 0 Å². The Morgan fingerprint density at radius 1 is 1.25 bits per heavy atom. The molecule has 3 rings (SSSR count). The zero-order valence-corrected chi connectivity index (χ0v) is 16.5. The normalized spacial score (nSPS) is 18.2. The molecule has 1 fully saturated rings. The molecule has 1 aliphatic rings. The fourth-order valence-corrected chi connectivity index (χ4v) is 4.16. The summed E-state index contributed by atoms with van der Waals surface area (Å²) in [5, 5.41) is 6.49. The van der Waals surface area contributed by atoms with E-state index >= 15 is 0 Å². The van der Waals surface area contributed by atoms with Gasteiger partial charge in [0.05, 0.1) is 16.5 Å². The summed E-state index contributed by atoms with van der Waals surface area (Å²) in [6.07, 6.45) is 0.813. The molecule has 28 heavy (non-hydrogen) atoms. The van der Waals surface area contributed by atoms with Crippen LogP contribution in [0.25, 0.3) is 0 Å². The molecule has 2 aromatic rings. The average molecular weight is 407 g/mol. The Bertz CT molecular complexity index is 847. The summed E-state index contributed by atoms with van der Waals surface area (Å²) in [7, 11) is 0.610. The van der Waals surface area contributed by atoms with Gasteiger partial charge in [0.2, 0.25) is 0 Å². The molecule has 8 heteroatoms. The minimum atomic E-state index is -1.07. The number of anilines is 1. The third-order valence-corrected chi connectivity index (χ3v) is 5.96. The summed E-state index contributed by atoms with van der Waals surface area (Å²) in [4.78, 5) is 6.90. The number of hydrogen-bond acceptors (Lipinski definition) is 3. The maximum absolute atomic E-state index is 14.0. The molecule has 0 amide bonds. The summed E-state index contributed by atoms with van der Waals surface area (Å²) < 4.78 is 39.3. The quantitative estimate of drug-likeness (QED) is 0.572. The van der Waals surface area contributed by atoms with Crippen LogP contribution < -0.4 is 15.5 Å². The van der Waals surface area contributed by atoms with Gasteiger partial charge in [-0.1, -0.05) is 18.2 Å². The van der Waals surface area contributed by atoms with E-state index in [9.17, 15) is 13.0 Å². The van der Waals surface area contributed by atoms with Crippen molar-refractivity contribution in [1.82, 2.24) is 10.6 Å². The monoisotopic (exact) mass is 406 g/mol. The number of halogens is 2. The third kappa shape index (κ3) is 5.28. The first-order valence-electron chi connectivity index (χ1n) is 9.17. The van der Waals surface area contributed by atoms with E-state index in [-0.39, 0.29) is 6.04 Å². The van der Waals surface area contributed by atoms with Crippen LogP contribution in [0.2, 0.25) is 0 Å². The summed E-state index contributed by atoms with van der Waals surface area (Å²) in [6, 6.07) is 13.1. The van der Waals surface area contributed by atoms with Gasteiger partial charge in [-0.3, -0.25) is 9.20 Å². The Hall–Kier alpha value is -2.48. The molecule has 5 nitrogen and oxygen atoms in total. The van der Waals surface area contributed by atoms with Gasteiger partial charge in [-0.2, -0.15) is 0 Å². The van der Waals surface area contributed by atoms with Crippen molar-refractivity contribution in [3.05, 3.63) is 60.2 Å². The number of hydrogen-bond donors (Lipinski definition) is 2. The SMILES string of the molecule is CN=C(NCCS(=O)c1ccccc1)NC1CCN(c2ccc(F)cc2F)C1. The fraction of sp³-hybridized carbons (Fsp3) is 0.350. The van der Waals surface area contributed by atoms with Crippen LogP contribution in [0.5, 0.6) is 0 Å². The highest BCUT2D eigenvalue weighted by molar-refractivity contribution is 7.85. The Balaban J connectivity index is 1.47. The predicted molar refractivity (Wildman–Crippen MR) is 109 cm³/mol. The van der Waals surface area contributed by atoms with Crippen LogP contribution in [0.15, 0.2) is 58.4 Å². The maximum atomic E-state index is 14.0. The van der Waals surface area contributed by atoms with Gasteiger partial charge in [0.25, 0.3) is 0 Å². The van der Waals surface area contributed by atoms with E-state index in [1.54, 1.807) is 7.05 Å². The van der Waals surface area contributed by atoms with Crippen molar-refractivity contribution in [3.63, 3.8) is 0 Å². The van der Waals surface area contributed by atoms with Gasteiger partial charge in [-0.05, 0) is 30.7 Å². The minimum Gasteiger partial charge on any atom is -0.367 e. The van der Waals surface area contributed by atoms with Crippen LogP contribution in [0.3, 0.4) is 0 Å². The van der Waals surface area contributed by atoms with Crippen molar-refractivity contribution in [2.24, 2.45) is 4.99 Å². The first-order chi connectivity index (χ1) is 13.6. The Labute approximate surface area is 166 Å². The van der Waals surface area contributed by atoms with Gasteiger partial charge in [-0.25, -0.2) is 8.78 Å². The molecular weight excluding hydrogens is 382 g/mol. The van der Waals surface area contributed by atoms with E-state index in [2.05, 4.69) is 15.6 Å². The van der Waals surface area contributed by atoms with Crippen molar-refractivity contribution in [1.29, 1.82) is 0 Å². The molecule has 2 atom stereocenters. The van der Waals surface area contributed by atoms with Gasteiger partial charge in [0.15, 0.2) is 5.96 Å². The zero-order valence-electron chi connectivity index (χ0n) is 15.7. The molecule has 1 saturated heterocycles. The second kappa shape index (κ2) is 9.64. The van der Waals surface area contributed by atoms with Gasteiger partial charge in [0.1, 0.15) is 11.6 Å². The lowest BCUT2D eigenvalue weighted by molar-refractivity contribution is 0.580. The lowest BCUT2D eigenvalue weighted by atomic mass is 10.2. The predicted octanol–water partition coefficient (Wildman–Crippen LogP) is 2.52. The van der Waals surface area contributed by atoms with Crippen LogP contribution in [-0.2, 0) is 10.8 Å². The van der Waals surface area contributed by atoms with Crippen molar-refractivity contribution in [2.75, 3.05) is 37.3 Å². The number of nitrogens with zero attached hydrogens (tertiary/aromatic N) is 2. The van der Waals surface area contributed by atoms with E-state index in [0.29, 0.717) is 37.0 Å². The van der Waals surface area contributed by atoms with Crippen molar-refractivity contribution < 1.29 is 13.0 Å². The smallest absolute Gasteiger partial charge is 0.191 e. The zero-order chi connectivity index (χ0) is 19.9. The van der Waals surface area contributed by atoms with Gasteiger partial charge in [0, 0.05) is 49.4 Å². The topological polar surface area (TPSA) is 56.7 Å². The van der Waals surface area contributed by atoms with E-state index in [1.807, 2.05) is 35.2 Å². The molecule has 0 aromatic heterocycles. The summed E-state index contributed by atoms with van der Waals surface area (Å²) >= 11 is 0. The Morgan fingerprint density at radius 2 is 2.04 bits per heavy atom. The minimum absolute atomic E-state index is 0.0928. The number of benzene rings is 2. The second-order valence-corrected chi connectivity index (χ2v) is 8.10. The molecule has 0 saturated carbocycles. The largest absolute Gasteiger partial charge is 0.367 e. The molecule has 2 aromatic carbocycles. The number of rotatable bonds is 6. The van der Waals surface area contributed by atoms with Crippen LogP contribution in [0, 0.1) is 11.6 Å². The Kier molecular flexibility index (Phi) is 6.97. The van der Waals surface area contributed by atoms with E-state index in [4.69, 9.17) is 0 Å². The van der Waals surface area contributed by atoms with Crippen molar-refractivity contribution in [3.8, 4) is 0 Å². The Morgan fingerprint density at radius 3 is 2.75 bits per heavy atom. The molecular formula is C20H24F2N4OS. The number of aliphatic imine (C=N–C) groups is 1. The lowest BCUT2D eigenvalue weighted by Crippen LogP contribution is -2.45. The van der Waals surface area contributed by atoms with Crippen molar-refractivity contribution in [2.45, 2.75) is 17.4 Å². The van der Waals surface area contributed by atoms with E-state index < -0.39 is 22.4 Å². The van der Waals surface area contributed by atoms with Crippen LogP contribution in [0.1, 0.15) is 6.42 Å². The maximum Gasteiger partial charge on any atom is 0.191 e. The molecule has 0 bridgehead atoms. The van der Waals surface area contributed by atoms with E-state index in [1.165, 1.54) is 12.1 Å². The first-order valence-corrected chi connectivity index (χ1v) is 10.5. The average Bonchev–Trinajstić information content (AvgIpc) is 3.16. The molecule has 2 unspecified atom stereocenters. The molecule has 0 spiro atoms. The van der Waals surface area contributed by atoms with Crippen LogP contribution in [0.4, 0.5) is 14.5 Å². The highest BCUT2D eigenvalue weighted by Crippen LogP contribution is 2.24. The molecule has 0 aliphatic carbocycles. The molecule has 1 heterocycles. The molecule has 2 N–H and O–H groups in total.